The molecule has 0 aliphatic rings. The molecular formula is C25H38N6O7. The van der Waals surface area contributed by atoms with Crippen LogP contribution in [0.4, 0.5) is 5.69 Å². The summed E-state index contributed by atoms with van der Waals surface area (Å²) in [6, 6.07) is 1.58. The SMILES string of the molecule is CCC(CC)CNC(=O)Cn1cccc(NC(=O)C(CCC(=O)C(=O)NC)NC(=O)CNCC(C)=O)c1=O. The summed E-state index contributed by atoms with van der Waals surface area (Å²) in [5.41, 5.74) is -0.759. The van der Waals surface area contributed by atoms with Crippen LogP contribution < -0.4 is 32.1 Å². The summed E-state index contributed by atoms with van der Waals surface area (Å²) < 4.78 is 1.15. The van der Waals surface area contributed by atoms with Crippen LogP contribution >= 0.6 is 0 Å². The van der Waals surface area contributed by atoms with E-state index in [1.807, 2.05) is 13.8 Å². The largest absolute Gasteiger partial charge is 0.354 e. The molecule has 38 heavy (non-hydrogen) atoms. The molecule has 0 fully saturated rings. The summed E-state index contributed by atoms with van der Waals surface area (Å²) in [6.45, 7) is 5.34. The van der Waals surface area contributed by atoms with Gasteiger partial charge in [-0.1, -0.05) is 26.7 Å². The first kappa shape index (κ1) is 32.2. The van der Waals surface area contributed by atoms with Crippen LogP contribution in [0.5, 0.6) is 0 Å². The minimum Gasteiger partial charge on any atom is -0.354 e. The van der Waals surface area contributed by atoms with Crippen molar-refractivity contribution in [2.45, 2.75) is 59.0 Å². The summed E-state index contributed by atoms with van der Waals surface area (Å²) in [5.74, 6) is -3.24. The van der Waals surface area contributed by atoms with Gasteiger partial charge in [0.15, 0.2) is 0 Å². The predicted octanol–water partition coefficient (Wildman–Crippen LogP) is -0.902. The van der Waals surface area contributed by atoms with Crippen molar-refractivity contribution in [2.24, 2.45) is 5.92 Å². The molecule has 210 valence electrons. The minimum absolute atomic E-state index is 0.0475. The normalized spacial score (nSPS) is 11.4. The van der Waals surface area contributed by atoms with Crippen molar-refractivity contribution in [2.75, 3.05) is 32.0 Å². The van der Waals surface area contributed by atoms with Gasteiger partial charge in [-0.05, 0) is 31.4 Å². The Balaban J connectivity index is 2.95. The molecule has 0 radical (unpaired) electrons. The number of anilines is 1. The van der Waals surface area contributed by atoms with E-state index < -0.39 is 35.1 Å². The summed E-state index contributed by atoms with van der Waals surface area (Å²) in [6.07, 6.45) is 2.69. The van der Waals surface area contributed by atoms with E-state index in [9.17, 15) is 33.6 Å². The van der Waals surface area contributed by atoms with Crippen LogP contribution in [0.15, 0.2) is 23.1 Å². The fraction of sp³-hybridized carbons (Fsp3) is 0.560. The van der Waals surface area contributed by atoms with E-state index in [1.165, 1.54) is 32.3 Å². The predicted molar refractivity (Wildman–Crippen MR) is 140 cm³/mol. The van der Waals surface area contributed by atoms with Gasteiger partial charge in [0.1, 0.15) is 24.1 Å². The number of hydrogen-bond acceptors (Lipinski definition) is 8. The van der Waals surface area contributed by atoms with Gasteiger partial charge in [0.25, 0.3) is 11.5 Å². The molecule has 0 spiro atoms. The molecule has 13 heteroatoms. The van der Waals surface area contributed by atoms with E-state index in [-0.39, 0.29) is 49.9 Å². The second-order valence-corrected chi connectivity index (χ2v) is 8.80. The number of likely N-dealkylation sites (N-methyl/N-ethyl adjacent to an activating group) is 1. The van der Waals surface area contributed by atoms with Gasteiger partial charge in [-0.2, -0.15) is 0 Å². The zero-order valence-corrected chi connectivity index (χ0v) is 22.3. The Kier molecular flexibility index (Phi) is 14.2. The Morgan fingerprint density at radius 3 is 2.29 bits per heavy atom. The number of Topliss-reactive ketones (excluding diaryl/α,β-unsaturated/α-hetero) is 2. The van der Waals surface area contributed by atoms with Gasteiger partial charge < -0.3 is 31.2 Å². The van der Waals surface area contributed by atoms with Crippen LogP contribution in [0.25, 0.3) is 0 Å². The maximum Gasteiger partial charge on any atom is 0.287 e. The summed E-state index contributed by atoms with van der Waals surface area (Å²) >= 11 is 0. The number of pyridine rings is 1. The molecule has 1 heterocycles. The van der Waals surface area contributed by atoms with Gasteiger partial charge in [0.2, 0.25) is 23.5 Å². The molecule has 0 saturated carbocycles. The first-order chi connectivity index (χ1) is 18.0. The third-order valence-corrected chi connectivity index (χ3v) is 5.79. The van der Waals surface area contributed by atoms with Crippen LogP contribution in [-0.2, 0) is 35.3 Å². The zero-order chi connectivity index (χ0) is 28.7. The fourth-order valence-electron chi connectivity index (χ4n) is 3.42. The molecule has 4 amide bonds. The van der Waals surface area contributed by atoms with Crippen molar-refractivity contribution in [3.63, 3.8) is 0 Å². The second-order valence-electron chi connectivity index (χ2n) is 8.80. The van der Waals surface area contributed by atoms with Crippen molar-refractivity contribution in [3.05, 3.63) is 28.7 Å². The summed E-state index contributed by atoms with van der Waals surface area (Å²) in [4.78, 5) is 85.0. The Bertz CT molecular complexity index is 1060. The number of amides is 4. The highest BCUT2D eigenvalue weighted by molar-refractivity contribution is 6.36. The standard InChI is InChI=1S/C25H38N6O7/c1-5-17(6-2)13-28-22(35)15-31-11-7-8-19(25(31)38)30-23(36)18(9-10-20(33)24(37)26-4)29-21(34)14-27-12-16(3)32/h7-8,11,17-18,27H,5-6,9-10,12-15H2,1-4H3,(H,26,37)(H,28,35)(H,29,34)(H,30,36). The first-order valence-corrected chi connectivity index (χ1v) is 12.5. The van der Waals surface area contributed by atoms with Gasteiger partial charge in [-0.25, -0.2) is 0 Å². The summed E-state index contributed by atoms with van der Waals surface area (Å²) in [5, 5.41) is 12.5. The zero-order valence-electron chi connectivity index (χ0n) is 22.3. The minimum atomic E-state index is -1.26. The van der Waals surface area contributed by atoms with Crippen molar-refractivity contribution < 1.29 is 28.8 Å². The fourth-order valence-corrected chi connectivity index (χ4v) is 3.42. The van der Waals surface area contributed by atoms with E-state index in [1.54, 1.807) is 0 Å². The van der Waals surface area contributed by atoms with Gasteiger partial charge in [-0.3, -0.25) is 33.6 Å². The lowest BCUT2D eigenvalue weighted by Gasteiger charge is -2.19. The Hall–Kier alpha value is -3.87. The van der Waals surface area contributed by atoms with Gasteiger partial charge >= 0.3 is 0 Å². The maximum absolute atomic E-state index is 13.0. The number of hydrogen-bond donors (Lipinski definition) is 5. The highest BCUT2D eigenvalue weighted by atomic mass is 16.2. The second kappa shape index (κ2) is 16.8. The molecule has 1 aromatic rings. The van der Waals surface area contributed by atoms with Crippen LogP contribution in [0.3, 0.4) is 0 Å². The van der Waals surface area contributed by atoms with E-state index in [2.05, 4.69) is 26.6 Å². The molecule has 1 unspecified atom stereocenters. The lowest BCUT2D eigenvalue weighted by molar-refractivity contribution is -0.137. The van der Waals surface area contributed by atoms with Crippen LogP contribution in [0, 0.1) is 5.92 Å². The number of aromatic nitrogens is 1. The van der Waals surface area contributed by atoms with Gasteiger partial charge in [0, 0.05) is 26.2 Å². The molecule has 0 aliphatic heterocycles. The molecule has 0 aromatic carbocycles. The quantitative estimate of drug-likeness (QED) is 0.159. The third-order valence-electron chi connectivity index (χ3n) is 5.79. The van der Waals surface area contributed by atoms with Crippen LogP contribution in [0.2, 0.25) is 0 Å². The first-order valence-electron chi connectivity index (χ1n) is 12.5. The number of carbonyl (C=O) groups is 6. The van der Waals surface area contributed by atoms with Crippen LogP contribution in [0.1, 0.15) is 46.5 Å². The molecule has 5 N–H and O–H groups in total. The average molecular weight is 535 g/mol. The number of rotatable bonds is 17. The van der Waals surface area contributed by atoms with Crippen LogP contribution in [-0.4, -0.2) is 72.5 Å². The smallest absolute Gasteiger partial charge is 0.287 e. The van der Waals surface area contributed by atoms with Crippen molar-refractivity contribution in [3.8, 4) is 0 Å². The van der Waals surface area contributed by atoms with Crippen molar-refractivity contribution >= 4 is 40.9 Å². The molecule has 13 nitrogen and oxygen atoms in total. The number of carbonyl (C=O) groups excluding carboxylic acids is 6. The average Bonchev–Trinajstić information content (AvgIpc) is 2.88. The Labute approximate surface area is 221 Å². The molecule has 0 saturated heterocycles. The molecule has 0 bridgehead atoms. The lowest BCUT2D eigenvalue weighted by atomic mass is 10.0. The molecule has 1 atom stereocenters. The highest BCUT2D eigenvalue weighted by Crippen LogP contribution is 2.06. The highest BCUT2D eigenvalue weighted by Gasteiger charge is 2.24. The molecular weight excluding hydrogens is 496 g/mol. The number of nitrogens with zero attached hydrogens (tertiary/aromatic N) is 1. The Morgan fingerprint density at radius 1 is 1.00 bits per heavy atom. The van der Waals surface area contributed by atoms with E-state index in [4.69, 9.17) is 0 Å². The molecule has 1 rings (SSSR count). The number of nitrogens with one attached hydrogen (secondary N) is 5. The maximum atomic E-state index is 13.0. The van der Waals surface area contributed by atoms with Crippen molar-refractivity contribution in [1.82, 2.24) is 25.8 Å². The van der Waals surface area contributed by atoms with Gasteiger partial charge in [0.05, 0.1) is 13.1 Å². The molecule has 0 aliphatic carbocycles. The van der Waals surface area contributed by atoms with E-state index >= 15 is 0 Å². The van der Waals surface area contributed by atoms with E-state index in [0.717, 1.165) is 17.4 Å². The Morgan fingerprint density at radius 2 is 1.68 bits per heavy atom. The topological polar surface area (TPSA) is 185 Å². The molecule has 1 aromatic heterocycles. The lowest BCUT2D eigenvalue weighted by Crippen LogP contribution is -2.48. The monoisotopic (exact) mass is 534 g/mol. The van der Waals surface area contributed by atoms with Crippen molar-refractivity contribution in [1.29, 1.82) is 0 Å². The number of ketones is 2. The third kappa shape index (κ3) is 11.5. The van der Waals surface area contributed by atoms with Gasteiger partial charge in [-0.15, -0.1) is 0 Å². The van der Waals surface area contributed by atoms with E-state index in [0.29, 0.717) is 12.5 Å². The summed E-state index contributed by atoms with van der Waals surface area (Å²) in [7, 11) is 1.29.